The van der Waals surface area contributed by atoms with E-state index in [9.17, 15) is 14.8 Å². The Balaban J connectivity index is 2.66. The first-order valence-corrected chi connectivity index (χ1v) is 5.35. The summed E-state index contributed by atoms with van der Waals surface area (Å²) in [6.07, 6.45) is -0.975. The van der Waals surface area contributed by atoms with Gasteiger partial charge in [-0.15, -0.1) is 5.10 Å². The van der Waals surface area contributed by atoms with E-state index in [-0.39, 0.29) is 17.4 Å². The molecule has 0 fully saturated rings. The number of carboxylic acid groups (broad SMARTS) is 1. The van der Waals surface area contributed by atoms with Crippen LogP contribution in [0, 0.1) is 0 Å². The fraction of sp³-hybridized carbons (Fsp3) is 0.667. The molecule has 0 saturated carbocycles. The number of carbonyl (C=O) groups excluding carboxylic acids is 1. The van der Waals surface area contributed by atoms with Crippen molar-refractivity contribution in [3.63, 3.8) is 0 Å². The molecule has 2 N–H and O–H groups in total. The molecule has 1 aromatic heterocycles. The van der Waals surface area contributed by atoms with Gasteiger partial charge in [-0.1, -0.05) is 0 Å². The van der Waals surface area contributed by atoms with Crippen LogP contribution in [0.25, 0.3) is 0 Å². The maximum atomic E-state index is 11.5. The molecule has 106 valence electrons. The lowest BCUT2D eigenvalue weighted by Crippen LogP contribution is -2.35. The van der Waals surface area contributed by atoms with Gasteiger partial charge in [0.2, 0.25) is 0 Å². The van der Waals surface area contributed by atoms with Gasteiger partial charge in [0.25, 0.3) is 0 Å². The van der Waals surface area contributed by atoms with Gasteiger partial charge in [-0.2, -0.15) is 5.06 Å². The Morgan fingerprint density at radius 2 is 2.05 bits per heavy atom. The summed E-state index contributed by atoms with van der Waals surface area (Å²) in [6.45, 7) is 4.09. The molecule has 1 rings (SSSR count). The number of ether oxygens (including phenoxy) is 1. The molecule has 0 atom stereocenters. The van der Waals surface area contributed by atoms with Crippen LogP contribution in [0.1, 0.15) is 26.6 Å². The van der Waals surface area contributed by atoms with Crippen molar-refractivity contribution in [2.75, 3.05) is 0 Å². The van der Waals surface area contributed by atoms with Gasteiger partial charge in [0.15, 0.2) is 5.82 Å². The van der Waals surface area contributed by atoms with E-state index in [4.69, 9.17) is 9.84 Å². The zero-order valence-corrected chi connectivity index (χ0v) is 10.8. The zero-order valence-electron chi connectivity index (χ0n) is 10.8. The summed E-state index contributed by atoms with van der Waals surface area (Å²) in [5.41, 5.74) is -0.759. The van der Waals surface area contributed by atoms with Crippen molar-refractivity contribution < 1.29 is 24.6 Å². The van der Waals surface area contributed by atoms with Crippen molar-refractivity contribution in [1.29, 1.82) is 0 Å². The van der Waals surface area contributed by atoms with Crippen LogP contribution >= 0.6 is 0 Å². The first-order valence-electron chi connectivity index (χ1n) is 5.35. The van der Waals surface area contributed by atoms with Crippen LogP contribution in [0.2, 0.25) is 0 Å². The van der Waals surface area contributed by atoms with Gasteiger partial charge in [0.1, 0.15) is 18.7 Å². The van der Waals surface area contributed by atoms with E-state index in [1.807, 2.05) is 0 Å². The second-order valence-corrected chi connectivity index (χ2v) is 4.68. The Hall–Kier alpha value is -2.23. The summed E-state index contributed by atoms with van der Waals surface area (Å²) < 4.78 is 5.87. The molecule has 0 aromatic carbocycles. The summed E-state index contributed by atoms with van der Waals surface area (Å²) in [4.78, 5) is 22.0. The number of amides is 1. The van der Waals surface area contributed by atoms with Gasteiger partial charge in [0, 0.05) is 0 Å². The van der Waals surface area contributed by atoms with E-state index in [1.165, 1.54) is 0 Å². The molecule has 1 heterocycles. The number of aromatic nitrogens is 4. The number of hydrogen-bond acceptors (Lipinski definition) is 7. The summed E-state index contributed by atoms with van der Waals surface area (Å²) in [7, 11) is 0. The lowest BCUT2D eigenvalue weighted by Gasteiger charge is -2.22. The minimum absolute atomic E-state index is 0.0239. The van der Waals surface area contributed by atoms with Crippen molar-refractivity contribution in [2.24, 2.45) is 0 Å². The smallest absolute Gasteiger partial charge is 0.434 e. The third-order valence-electron chi connectivity index (χ3n) is 1.79. The average Bonchev–Trinajstić information content (AvgIpc) is 2.62. The highest BCUT2D eigenvalue weighted by Gasteiger charge is 2.23. The molecule has 0 aliphatic carbocycles. The zero-order chi connectivity index (χ0) is 14.6. The van der Waals surface area contributed by atoms with Crippen LogP contribution in [0.3, 0.4) is 0 Å². The molecule has 19 heavy (non-hydrogen) atoms. The van der Waals surface area contributed by atoms with Gasteiger partial charge in [-0.05, 0) is 31.2 Å². The maximum absolute atomic E-state index is 11.5. The molecular formula is C9H15N5O5. The lowest BCUT2D eigenvalue weighted by atomic mass is 10.2. The van der Waals surface area contributed by atoms with E-state index in [0.29, 0.717) is 0 Å². The minimum Gasteiger partial charge on any atom is -0.480 e. The number of hydrogen-bond donors (Lipinski definition) is 2. The van der Waals surface area contributed by atoms with Gasteiger partial charge in [0.05, 0.1) is 0 Å². The molecule has 0 radical (unpaired) electrons. The summed E-state index contributed by atoms with van der Waals surface area (Å²) in [5.74, 6) is -1.12. The number of rotatable bonds is 4. The second-order valence-electron chi connectivity index (χ2n) is 4.68. The van der Waals surface area contributed by atoms with E-state index in [0.717, 1.165) is 4.68 Å². The molecule has 0 aliphatic heterocycles. The molecule has 0 aliphatic rings. The Bertz CT molecular complexity index is 466. The van der Waals surface area contributed by atoms with Crippen molar-refractivity contribution in [3.8, 4) is 0 Å². The van der Waals surface area contributed by atoms with Gasteiger partial charge >= 0.3 is 12.1 Å². The molecule has 1 amide bonds. The number of tetrazole rings is 1. The second kappa shape index (κ2) is 5.61. The highest BCUT2D eigenvalue weighted by atomic mass is 16.6. The minimum atomic E-state index is -1.14. The highest BCUT2D eigenvalue weighted by Crippen LogP contribution is 2.10. The van der Waals surface area contributed by atoms with Crippen molar-refractivity contribution in [1.82, 2.24) is 25.3 Å². The SMILES string of the molecule is CC(C)(C)OC(=O)N(O)Cc1nnnn1CC(=O)O. The normalized spacial score (nSPS) is 11.2. The van der Waals surface area contributed by atoms with Crippen molar-refractivity contribution in [2.45, 2.75) is 39.5 Å². The standard InChI is InChI=1S/C9H15N5O5/c1-9(2,3)19-8(17)14(18)4-6-10-11-12-13(6)5-7(15)16/h18H,4-5H2,1-3H3,(H,15,16). The van der Waals surface area contributed by atoms with E-state index in [2.05, 4.69) is 15.5 Å². The van der Waals surface area contributed by atoms with Crippen LogP contribution in [0.5, 0.6) is 0 Å². The molecule has 10 heteroatoms. The predicted octanol–water partition coefficient (Wildman–Crippen LogP) is -0.116. The van der Waals surface area contributed by atoms with Crippen LogP contribution in [0.15, 0.2) is 0 Å². The Kier molecular flexibility index (Phi) is 4.38. The molecule has 1 aromatic rings. The summed E-state index contributed by atoms with van der Waals surface area (Å²) in [5, 5.41) is 28.6. The summed E-state index contributed by atoms with van der Waals surface area (Å²) in [6, 6.07) is 0. The average molecular weight is 273 g/mol. The number of aliphatic carboxylic acids is 1. The van der Waals surface area contributed by atoms with Gasteiger partial charge < -0.3 is 9.84 Å². The van der Waals surface area contributed by atoms with Crippen molar-refractivity contribution in [3.05, 3.63) is 5.82 Å². The van der Waals surface area contributed by atoms with E-state index in [1.54, 1.807) is 20.8 Å². The highest BCUT2D eigenvalue weighted by molar-refractivity contribution is 5.67. The maximum Gasteiger partial charge on any atom is 0.434 e. The molecule has 0 saturated heterocycles. The fourth-order valence-corrected chi connectivity index (χ4v) is 1.10. The molecule has 0 bridgehead atoms. The van der Waals surface area contributed by atoms with Crippen LogP contribution in [0.4, 0.5) is 4.79 Å². The number of hydroxylamine groups is 2. The quantitative estimate of drug-likeness (QED) is 0.573. The Morgan fingerprint density at radius 3 is 2.58 bits per heavy atom. The first kappa shape index (κ1) is 14.8. The Labute approximate surface area is 108 Å². The topological polar surface area (TPSA) is 131 Å². The van der Waals surface area contributed by atoms with Crippen LogP contribution < -0.4 is 0 Å². The molecular weight excluding hydrogens is 258 g/mol. The van der Waals surface area contributed by atoms with E-state index >= 15 is 0 Å². The van der Waals surface area contributed by atoms with Gasteiger partial charge in [-0.25, -0.2) is 9.48 Å². The molecule has 0 spiro atoms. The van der Waals surface area contributed by atoms with Crippen LogP contribution in [-0.4, -0.2) is 53.2 Å². The van der Waals surface area contributed by atoms with Crippen LogP contribution in [-0.2, 0) is 22.6 Å². The third-order valence-corrected chi connectivity index (χ3v) is 1.79. The lowest BCUT2D eigenvalue weighted by molar-refractivity contribution is -0.138. The van der Waals surface area contributed by atoms with Crippen molar-refractivity contribution >= 4 is 12.1 Å². The molecule has 10 nitrogen and oxygen atoms in total. The predicted molar refractivity (Wildman–Crippen MR) is 59.0 cm³/mol. The third kappa shape index (κ3) is 4.87. The fourth-order valence-electron chi connectivity index (χ4n) is 1.10. The largest absolute Gasteiger partial charge is 0.480 e. The van der Waals surface area contributed by atoms with E-state index < -0.39 is 24.2 Å². The van der Waals surface area contributed by atoms with Gasteiger partial charge in [-0.3, -0.25) is 10.0 Å². The number of carboxylic acids is 1. The summed E-state index contributed by atoms with van der Waals surface area (Å²) >= 11 is 0. The first-order chi connectivity index (χ1) is 8.69. The monoisotopic (exact) mass is 273 g/mol. The molecule has 0 unspecified atom stereocenters. The Morgan fingerprint density at radius 1 is 1.42 bits per heavy atom. The number of nitrogens with zero attached hydrogens (tertiary/aromatic N) is 5. The number of carbonyl (C=O) groups is 2.